The summed E-state index contributed by atoms with van der Waals surface area (Å²) in [6.07, 6.45) is 3.10. The van der Waals surface area contributed by atoms with Crippen LogP contribution in [0.1, 0.15) is 15.9 Å². The Labute approximate surface area is 110 Å². The number of aromatic carboxylic acids is 1. The first-order valence-electron chi connectivity index (χ1n) is 5.08. The summed E-state index contributed by atoms with van der Waals surface area (Å²) in [5.41, 5.74) is 1.18. The fourth-order valence-electron chi connectivity index (χ4n) is 1.40. The van der Waals surface area contributed by atoms with Gasteiger partial charge in [-0.3, -0.25) is 0 Å². The van der Waals surface area contributed by atoms with Gasteiger partial charge in [-0.05, 0) is 23.8 Å². The van der Waals surface area contributed by atoms with Gasteiger partial charge in [-0.25, -0.2) is 14.8 Å². The molecule has 0 atom stereocenters. The number of halogens is 1. The van der Waals surface area contributed by atoms with Crippen LogP contribution >= 0.6 is 12.4 Å². The number of hydrogen-bond acceptors (Lipinski definition) is 4. The van der Waals surface area contributed by atoms with Crippen LogP contribution in [0.4, 0.5) is 5.82 Å². The lowest BCUT2D eigenvalue weighted by molar-refractivity contribution is 0.0697. The number of hydrogen-bond donors (Lipinski definition) is 2. The smallest absolute Gasteiger partial charge is 0.335 e. The van der Waals surface area contributed by atoms with Gasteiger partial charge >= 0.3 is 5.97 Å². The van der Waals surface area contributed by atoms with E-state index in [2.05, 4.69) is 15.3 Å². The van der Waals surface area contributed by atoms with Crippen LogP contribution in [0.15, 0.2) is 42.9 Å². The number of benzene rings is 1. The summed E-state index contributed by atoms with van der Waals surface area (Å²) >= 11 is 0. The molecular formula is C12H12ClN3O2. The average Bonchev–Trinajstić information content (AvgIpc) is 2.38. The zero-order valence-electron chi connectivity index (χ0n) is 9.41. The third kappa shape index (κ3) is 3.71. The van der Waals surface area contributed by atoms with Gasteiger partial charge in [0.15, 0.2) is 0 Å². The van der Waals surface area contributed by atoms with E-state index < -0.39 is 5.97 Å². The van der Waals surface area contributed by atoms with E-state index in [1.54, 1.807) is 30.5 Å². The molecule has 2 N–H and O–H groups in total. The first kappa shape index (κ1) is 13.9. The number of anilines is 1. The second-order valence-electron chi connectivity index (χ2n) is 3.45. The zero-order chi connectivity index (χ0) is 12.1. The van der Waals surface area contributed by atoms with Gasteiger partial charge in [-0.15, -0.1) is 12.4 Å². The number of carbonyl (C=O) groups is 1. The Morgan fingerprint density at radius 3 is 2.83 bits per heavy atom. The van der Waals surface area contributed by atoms with Gasteiger partial charge < -0.3 is 10.4 Å². The fraction of sp³-hybridized carbons (Fsp3) is 0.0833. The summed E-state index contributed by atoms with van der Waals surface area (Å²) in [5.74, 6) is -0.213. The van der Waals surface area contributed by atoms with Crippen LogP contribution in [0.25, 0.3) is 0 Å². The van der Waals surface area contributed by atoms with Gasteiger partial charge in [0.1, 0.15) is 12.1 Å². The summed E-state index contributed by atoms with van der Waals surface area (Å²) in [7, 11) is 0. The Balaban J connectivity index is 0.00000162. The van der Waals surface area contributed by atoms with Crippen LogP contribution in [-0.2, 0) is 6.54 Å². The summed E-state index contributed by atoms with van der Waals surface area (Å²) in [5, 5.41) is 11.9. The Morgan fingerprint density at radius 1 is 1.33 bits per heavy atom. The third-order valence-electron chi connectivity index (χ3n) is 2.23. The summed E-state index contributed by atoms with van der Waals surface area (Å²) in [6.45, 7) is 0.526. The number of rotatable bonds is 4. The minimum Gasteiger partial charge on any atom is -0.478 e. The van der Waals surface area contributed by atoms with Crippen LogP contribution in [0.3, 0.4) is 0 Å². The van der Waals surface area contributed by atoms with E-state index in [-0.39, 0.29) is 18.0 Å². The van der Waals surface area contributed by atoms with Gasteiger partial charge in [0.2, 0.25) is 0 Å². The highest BCUT2D eigenvalue weighted by Crippen LogP contribution is 2.08. The minimum atomic E-state index is -0.922. The third-order valence-corrected chi connectivity index (χ3v) is 2.23. The largest absolute Gasteiger partial charge is 0.478 e. The molecule has 1 aromatic heterocycles. The predicted octanol–water partition coefficient (Wildman–Crippen LogP) is 2.21. The highest BCUT2D eigenvalue weighted by Gasteiger charge is 2.02. The molecule has 0 aliphatic carbocycles. The second-order valence-corrected chi connectivity index (χ2v) is 3.45. The van der Waals surface area contributed by atoms with Crippen molar-refractivity contribution in [3.63, 3.8) is 0 Å². The number of carboxylic acids is 1. The molecule has 0 saturated carbocycles. The molecule has 0 radical (unpaired) electrons. The summed E-state index contributed by atoms with van der Waals surface area (Å²) in [6, 6.07) is 8.54. The van der Waals surface area contributed by atoms with Crippen molar-refractivity contribution in [3.8, 4) is 0 Å². The Morgan fingerprint density at radius 2 is 2.17 bits per heavy atom. The predicted molar refractivity (Wildman–Crippen MR) is 70.0 cm³/mol. The molecule has 0 fully saturated rings. The zero-order valence-corrected chi connectivity index (χ0v) is 10.2. The fourth-order valence-corrected chi connectivity index (χ4v) is 1.40. The quantitative estimate of drug-likeness (QED) is 0.886. The molecule has 94 valence electrons. The monoisotopic (exact) mass is 265 g/mol. The van der Waals surface area contributed by atoms with Gasteiger partial charge in [-0.1, -0.05) is 12.1 Å². The van der Waals surface area contributed by atoms with Crippen molar-refractivity contribution < 1.29 is 9.90 Å². The van der Waals surface area contributed by atoms with E-state index in [0.29, 0.717) is 12.4 Å². The van der Waals surface area contributed by atoms with Gasteiger partial charge in [0.25, 0.3) is 0 Å². The summed E-state index contributed by atoms with van der Waals surface area (Å²) < 4.78 is 0. The average molecular weight is 266 g/mol. The molecular weight excluding hydrogens is 254 g/mol. The maximum atomic E-state index is 10.8. The van der Waals surface area contributed by atoms with Crippen LogP contribution in [0, 0.1) is 0 Å². The Bertz CT molecular complexity index is 520. The molecule has 5 nitrogen and oxygen atoms in total. The molecule has 0 aliphatic rings. The lowest BCUT2D eigenvalue weighted by Gasteiger charge is -2.05. The van der Waals surface area contributed by atoms with Crippen LogP contribution < -0.4 is 5.32 Å². The maximum Gasteiger partial charge on any atom is 0.335 e. The minimum absolute atomic E-state index is 0. The highest BCUT2D eigenvalue weighted by molar-refractivity contribution is 5.87. The summed E-state index contributed by atoms with van der Waals surface area (Å²) in [4.78, 5) is 18.6. The van der Waals surface area contributed by atoms with Crippen molar-refractivity contribution in [3.05, 3.63) is 54.0 Å². The molecule has 0 bridgehead atoms. The van der Waals surface area contributed by atoms with E-state index >= 15 is 0 Å². The van der Waals surface area contributed by atoms with Gasteiger partial charge in [0.05, 0.1) is 5.56 Å². The van der Waals surface area contributed by atoms with Crippen LogP contribution in [-0.4, -0.2) is 21.0 Å². The topological polar surface area (TPSA) is 75.1 Å². The molecule has 0 amide bonds. The standard InChI is InChI=1S/C12H11N3O2.ClH/c16-12(17)10-3-1-2-9(6-10)7-14-11-4-5-13-8-15-11;/h1-6,8H,7H2,(H,16,17)(H,13,14,15);1H. The maximum absolute atomic E-state index is 10.8. The molecule has 2 rings (SSSR count). The lowest BCUT2D eigenvalue weighted by Crippen LogP contribution is -2.03. The van der Waals surface area contributed by atoms with Crippen molar-refractivity contribution in [1.29, 1.82) is 0 Å². The molecule has 0 unspecified atom stereocenters. The molecule has 0 aliphatic heterocycles. The number of aromatic nitrogens is 2. The van der Waals surface area contributed by atoms with E-state index in [1.807, 2.05) is 6.07 Å². The second kappa shape index (κ2) is 6.56. The van der Waals surface area contributed by atoms with Crippen LogP contribution in [0.2, 0.25) is 0 Å². The van der Waals surface area contributed by atoms with Crippen molar-refractivity contribution in [2.24, 2.45) is 0 Å². The van der Waals surface area contributed by atoms with Crippen LogP contribution in [0.5, 0.6) is 0 Å². The van der Waals surface area contributed by atoms with Crippen molar-refractivity contribution in [2.45, 2.75) is 6.54 Å². The molecule has 0 saturated heterocycles. The Kier molecular flexibility index (Phi) is 5.07. The van der Waals surface area contributed by atoms with E-state index in [9.17, 15) is 4.79 Å². The first-order valence-corrected chi connectivity index (χ1v) is 5.08. The first-order chi connectivity index (χ1) is 8.25. The van der Waals surface area contributed by atoms with Gasteiger partial charge in [-0.2, -0.15) is 0 Å². The molecule has 18 heavy (non-hydrogen) atoms. The van der Waals surface area contributed by atoms with Crippen molar-refractivity contribution in [1.82, 2.24) is 9.97 Å². The Hall–Kier alpha value is -2.14. The normalized spacial score (nSPS) is 9.33. The SMILES string of the molecule is Cl.O=C(O)c1cccc(CNc2ccncn2)c1. The highest BCUT2D eigenvalue weighted by atomic mass is 35.5. The van der Waals surface area contributed by atoms with E-state index in [4.69, 9.17) is 5.11 Å². The van der Waals surface area contributed by atoms with Crippen molar-refractivity contribution in [2.75, 3.05) is 5.32 Å². The molecule has 2 aromatic rings. The number of nitrogens with zero attached hydrogens (tertiary/aromatic N) is 2. The molecule has 1 aromatic carbocycles. The lowest BCUT2D eigenvalue weighted by atomic mass is 10.1. The van der Waals surface area contributed by atoms with Gasteiger partial charge in [0, 0.05) is 12.7 Å². The molecule has 6 heteroatoms. The molecule has 0 spiro atoms. The number of nitrogens with one attached hydrogen (secondary N) is 1. The van der Waals surface area contributed by atoms with E-state index in [1.165, 1.54) is 6.33 Å². The van der Waals surface area contributed by atoms with E-state index in [0.717, 1.165) is 5.56 Å². The number of carboxylic acid groups (broad SMARTS) is 1. The molecule has 1 heterocycles. The van der Waals surface area contributed by atoms with Crippen molar-refractivity contribution >= 4 is 24.2 Å².